The normalized spacial score (nSPS) is 9.30. The second-order valence-electron chi connectivity index (χ2n) is 1.73. The molecule has 3 nitrogen and oxygen atoms in total. The van der Waals surface area contributed by atoms with Crippen LogP contribution < -0.4 is 0 Å². The van der Waals surface area contributed by atoms with E-state index in [2.05, 4.69) is 0 Å². The van der Waals surface area contributed by atoms with E-state index in [0.717, 1.165) is 0 Å². The molecule has 0 unspecified atom stereocenters. The molecule has 1 aromatic carbocycles. The van der Waals surface area contributed by atoms with E-state index in [1.54, 1.807) is 0 Å². The topological polar surface area (TPSA) is 43.1 Å². The van der Waals surface area contributed by atoms with Crippen LogP contribution in [-0.2, 0) is 0 Å². The molecule has 1 rings (SSSR count). The quantitative estimate of drug-likeness (QED) is 0.465. The minimum absolute atomic E-state index is 0. The van der Waals surface area contributed by atoms with Crippen LogP contribution in [0.15, 0.2) is 24.3 Å². The number of rotatable bonds is 1. The summed E-state index contributed by atoms with van der Waals surface area (Å²) in [5, 5.41) is 10.6. The van der Waals surface area contributed by atoms with Crippen LogP contribution in [0.3, 0.4) is 0 Å². The van der Waals surface area contributed by atoms with Gasteiger partial charge in [0, 0.05) is 17.2 Å². The SMILES string of the molecule is O=[N+]([O-])c1ccc(Cl)cc1.[H+]. The Kier molecular flexibility index (Phi) is 1.87. The zero-order chi connectivity index (χ0) is 7.56. The first kappa shape index (κ1) is 7.02. The maximum absolute atomic E-state index is 10.1. The van der Waals surface area contributed by atoms with E-state index in [9.17, 15) is 10.1 Å². The fraction of sp³-hybridized carbons (Fsp3) is 0. The molecule has 1 aromatic rings. The molecule has 0 radical (unpaired) electrons. The van der Waals surface area contributed by atoms with Crippen LogP contribution in [0, 0.1) is 10.1 Å². The first-order chi connectivity index (χ1) is 4.70. The van der Waals surface area contributed by atoms with Crippen molar-refractivity contribution < 1.29 is 6.35 Å². The van der Waals surface area contributed by atoms with Crippen LogP contribution in [-0.4, -0.2) is 4.92 Å². The number of non-ortho nitro benzene ring substituents is 1. The van der Waals surface area contributed by atoms with Crippen molar-refractivity contribution in [2.45, 2.75) is 0 Å². The van der Waals surface area contributed by atoms with E-state index >= 15 is 0 Å². The number of nitrogens with zero attached hydrogens (tertiary/aromatic N) is 1. The minimum atomic E-state index is -0.462. The molecule has 0 aromatic heterocycles. The number of hydrogen-bond donors (Lipinski definition) is 0. The molecule has 0 amide bonds. The van der Waals surface area contributed by atoms with Gasteiger partial charge >= 0.3 is 1.43 Å². The first-order valence-corrected chi connectivity index (χ1v) is 2.98. The highest BCUT2D eigenvalue weighted by molar-refractivity contribution is 6.30. The molecule has 0 spiro atoms. The Morgan fingerprint density at radius 3 is 2.30 bits per heavy atom. The van der Waals surface area contributed by atoms with Crippen molar-refractivity contribution in [2.24, 2.45) is 0 Å². The predicted octanol–water partition coefficient (Wildman–Crippen LogP) is 2.36. The molecule has 0 bridgehead atoms. The summed E-state index contributed by atoms with van der Waals surface area (Å²) in [7, 11) is 0. The summed E-state index contributed by atoms with van der Waals surface area (Å²) in [4.78, 5) is 9.61. The summed E-state index contributed by atoms with van der Waals surface area (Å²) < 4.78 is 0. The van der Waals surface area contributed by atoms with E-state index in [1.165, 1.54) is 24.3 Å². The second kappa shape index (κ2) is 2.66. The van der Waals surface area contributed by atoms with Crippen molar-refractivity contribution in [3.63, 3.8) is 0 Å². The summed E-state index contributed by atoms with van der Waals surface area (Å²) >= 11 is 5.49. The van der Waals surface area contributed by atoms with Crippen molar-refractivity contribution in [1.82, 2.24) is 0 Å². The number of halogens is 1. The molecule has 4 heteroatoms. The van der Waals surface area contributed by atoms with Crippen LogP contribution >= 0.6 is 11.6 Å². The number of nitro benzene ring substituents is 1. The van der Waals surface area contributed by atoms with Gasteiger partial charge in [-0.1, -0.05) is 11.6 Å². The number of nitro groups is 1. The van der Waals surface area contributed by atoms with Crippen molar-refractivity contribution in [3.8, 4) is 0 Å². The van der Waals surface area contributed by atoms with Gasteiger partial charge in [-0.05, 0) is 12.1 Å². The largest absolute Gasteiger partial charge is 1.00 e. The summed E-state index contributed by atoms with van der Waals surface area (Å²) in [6.45, 7) is 0. The van der Waals surface area contributed by atoms with Crippen molar-refractivity contribution in [1.29, 1.82) is 0 Å². The molecule has 0 aliphatic heterocycles. The molecule has 0 atom stereocenters. The highest BCUT2D eigenvalue weighted by Gasteiger charge is 2.01. The van der Waals surface area contributed by atoms with E-state index < -0.39 is 4.92 Å². The Labute approximate surface area is 63.9 Å². The van der Waals surface area contributed by atoms with E-state index in [-0.39, 0.29) is 7.11 Å². The van der Waals surface area contributed by atoms with Crippen LogP contribution in [0.25, 0.3) is 0 Å². The third kappa shape index (κ3) is 1.45. The van der Waals surface area contributed by atoms with E-state index in [1.807, 2.05) is 0 Å². The smallest absolute Gasteiger partial charge is 0.258 e. The zero-order valence-corrected chi connectivity index (χ0v) is 5.71. The molecule has 0 saturated heterocycles. The van der Waals surface area contributed by atoms with Gasteiger partial charge < -0.3 is 0 Å². The van der Waals surface area contributed by atoms with Crippen LogP contribution in [0.4, 0.5) is 5.69 Å². The van der Waals surface area contributed by atoms with Crippen molar-refractivity contribution in [3.05, 3.63) is 39.4 Å². The Bertz CT molecular complexity index is 249. The lowest BCUT2D eigenvalue weighted by atomic mass is 10.3. The van der Waals surface area contributed by atoms with Crippen LogP contribution in [0.2, 0.25) is 5.02 Å². The highest BCUT2D eigenvalue weighted by atomic mass is 35.5. The van der Waals surface area contributed by atoms with E-state index in [4.69, 9.17) is 11.6 Å². The molecule has 0 aliphatic rings. The Hall–Kier alpha value is -1.09. The van der Waals surface area contributed by atoms with Crippen LogP contribution in [0.1, 0.15) is 1.43 Å². The standard InChI is InChI=1S/C6H4ClNO2/c7-5-1-3-6(4-2-5)8(9)10/h1-4H/p+1. The molecule has 0 fully saturated rings. The average Bonchev–Trinajstić information content (AvgIpc) is 1.88. The average molecular weight is 159 g/mol. The lowest BCUT2D eigenvalue weighted by Crippen LogP contribution is -1.85. The number of hydrogen-bond acceptors (Lipinski definition) is 2. The molecule has 0 saturated carbocycles. The fourth-order valence-corrected chi connectivity index (χ4v) is 0.689. The fourth-order valence-electron chi connectivity index (χ4n) is 0.563. The first-order valence-electron chi connectivity index (χ1n) is 2.60. The third-order valence-corrected chi connectivity index (χ3v) is 1.29. The lowest BCUT2D eigenvalue weighted by molar-refractivity contribution is -0.384. The molecule has 52 valence electrons. The number of benzene rings is 1. The molecule has 0 heterocycles. The van der Waals surface area contributed by atoms with Crippen LogP contribution in [0.5, 0.6) is 0 Å². The predicted molar refractivity (Wildman–Crippen MR) is 39.2 cm³/mol. The third-order valence-electron chi connectivity index (χ3n) is 1.04. The van der Waals surface area contributed by atoms with Gasteiger partial charge in [-0.15, -0.1) is 0 Å². The Morgan fingerprint density at radius 2 is 1.90 bits per heavy atom. The van der Waals surface area contributed by atoms with Gasteiger partial charge in [0.1, 0.15) is 0 Å². The molecular formula is C6H5ClNO2+. The summed E-state index contributed by atoms with van der Waals surface area (Å²) in [6.07, 6.45) is 0. The minimum Gasteiger partial charge on any atom is -0.258 e. The monoisotopic (exact) mass is 158 g/mol. The van der Waals surface area contributed by atoms with E-state index in [0.29, 0.717) is 5.02 Å². The van der Waals surface area contributed by atoms with Gasteiger partial charge in [-0.25, -0.2) is 0 Å². The van der Waals surface area contributed by atoms with Gasteiger partial charge in [0.25, 0.3) is 5.69 Å². The van der Waals surface area contributed by atoms with Crippen molar-refractivity contribution in [2.75, 3.05) is 0 Å². The lowest BCUT2D eigenvalue weighted by Gasteiger charge is -1.88. The Balaban J connectivity index is 0.000001000. The maximum atomic E-state index is 10.1. The molecule has 0 aliphatic carbocycles. The summed E-state index contributed by atoms with van der Waals surface area (Å²) in [5.74, 6) is 0. The molecule has 0 N–H and O–H groups in total. The molecular weight excluding hydrogens is 154 g/mol. The summed E-state index contributed by atoms with van der Waals surface area (Å²) in [5.41, 5.74) is 0.0596. The van der Waals surface area contributed by atoms with Gasteiger partial charge in [0.2, 0.25) is 0 Å². The Morgan fingerprint density at radius 1 is 1.40 bits per heavy atom. The van der Waals surface area contributed by atoms with Gasteiger partial charge in [-0.2, -0.15) is 0 Å². The maximum Gasteiger partial charge on any atom is 1.00 e. The molecule has 10 heavy (non-hydrogen) atoms. The second-order valence-corrected chi connectivity index (χ2v) is 2.17. The zero-order valence-electron chi connectivity index (χ0n) is 5.95. The van der Waals surface area contributed by atoms with Crippen molar-refractivity contribution >= 4 is 17.3 Å². The summed E-state index contributed by atoms with van der Waals surface area (Å²) in [6, 6.07) is 5.70. The van der Waals surface area contributed by atoms with Gasteiger partial charge in [0.15, 0.2) is 0 Å². The van der Waals surface area contributed by atoms with Gasteiger partial charge in [0.05, 0.1) is 4.92 Å². The van der Waals surface area contributed by atoms with Gasteiger partial charge in [-0.3, -0.25) is 10.1 Å². The highest BCUT2D eigenvalue weighted by Crippen LogP contribution is 2.14.